The van der Waals surface area contributed by atoms with Crippen molar-refractivity contribution in [2.24, 2.45) is 0 Å². The molecule has 1 atom stereocenters. The number of ether oxygens (including phenoxy) is 1. The molecule has 0 aliphatic carbocycles. The maximum absolute atomic E-state index is 13.4. The quantitative estimate of drug-likeness (QED) is 0.687. The molecule has 1 unspecified atom stereocenters. The van der Waals surface area contributed by atoms with Crippen LogP contribution in [0.5, 0.6) is 0 Å². The zero-order valence-electron chi connectivity index (χ0n) is 14.7. The molecule has 1 saturated heterocycles. The van der Waals surface area contributed by atoms with E-state index in [4.69, 9.17) is 4.74 Å². The SMILES string of the molecule is CC1(C)CC(CCCc2ccccc2)(c2ccc(F)cc2)CCO1. The zero-order chi connectivity index (χ0) is 17.0. The summed E-state index contributed by atoms with van der Waals surface area (Å²) in [7, 11) is 0. The summed E-state index contributed by atoms with van der Waals surface area (Å²) in [5, 5.41) is 0. The molecule has 0 radical (unpaired) electrons. The Morgan fingerprint density at radius 3 is 2.38 bits per heavy atom. The van der Waals surface area contributed by atoms with Gasteiger partial charge in [0.25, 0.3) is 0 Å². The highest BCUT2D eigenvalue weighted by Crippen LogP contribution is 2.45. The van der Waals surface area contributed by atoms with Crippen molar-refractivity contribution in [1.29, 1.82) is 0 Å². The average molecular weight is 326 g/mol. The van der Waals surface area contributed by atoms with Crippen molar-refractivity contribution in [2.45, 2.75) is 57.0 Å². The van der Waals surface area contributed by atoms with E-state index in [1.165, 1.54) is 11.1 Å². The van der Waals surface area contributed by atoms with Crippen molar-refractivity contribution in [3.8, 4) is 0 Å². The van der Waals surface area contributed by atoms with E-state index < -0.39 is 0 Å². The molecule has 1 heterocycles. The van der Waals surface area contributed by atoms with Crippen LogP contribution in [-0.4, -0.2) is 12.2 Å². The molecule has 128 valence electrons. The molecule has 2 aromatic carbocycles. The van der Waals surface area contributed by atoms with Crippen molar-refractivity contribution in [2.75, 3.05) is 6.61 Å². The van der Waals surface area contributed by atoms with Gasteiger partial charge in [0.05, 0.1) is 5.60 Å². The van der Waals surface area contributed by atoms with Gasteiger partial charge in [-0.15, -0.1) is 0 Å². The van der Waals surface area contributed by atoms with Crippen LogP contribution in [-0.2, 0) is 16.6 Å². The standard InChI is InChI=1S/C22H27FO/c1-21(2)17-22(15-16-24-21,19-10-12-20(23)13-11-19)14-6-9-18-7-4-3-5-8-18/h3-5,7-8,10-13H,6,9,14-17H2,1-2H3. The third-order valence-electron chi connectivity index (χ3n) is 5.26. The molecular weight excluding hydrogens is 299 g/mol. The van der Waals surface area contributed by atoms with Crippen LogP contribution >= 0.6 is 0 Å². The molecule has 0 bridgehead atoms. The Morgan fingerprint density at radius 2 is 1.71 bits per heavy atom. The fourth-order valence-electron chi connectivity index (χ4n) is 4.16. The normalized spacial score (nSPS) is 23.1. The molecule has 1 aliphatic heterocycles. The predicted octanol–water partition coefficient (Wildman–Crippen LogP) is 5.68. The predicted molar refractivity (Wildman–Crippen MR) is 96.7 cm³/mol. The number of rotatable bonds is 5. The van der Waals surface area contributed by atoms with Crippen LogP contribution in [0.2, 0.25) is 0 Å². The summed E-state index contributed by atoms with van der Waals surface area (Å²) in [5.74, 6) is -0.162. The summed E-state index contributed by atoms with van der Waals surface area (Å²) >= 11 is 0. The molecular formula is C22H27FO. The van der Waals surface area contributed by atoms with Crippen molar-refractivity contribution in [3.05, 3.63) is 71.5 Å². The van der Waals surface area contributed by atoms with Gasteiger partial charge >= 0.3 is 0 Å². The van der Waals surface area contributed by atoms with Gasteiger partial charge in [0.2, 0.25) is 0 Å². The lowest BCUT2D eigenvalue weighted by Crippen LogP contribution is -2.44. The van der Waals surface area contributed by atoms with Crippen LogP contribution in [0, 0.1) is 5.82 Å². The molecule has 0 amide bonds. The van der Waals surface area contributed by atoms with E-state index in [1.54, 1.807) is 12.1 Å². The smallest absolute Gasteiger partial charge is 0.123 e. The van der Waals surface area contributed by atoms with Gasteiger partial charge in [-0.3, -0.25) is 0 Å². The molecule has 2 aromatic rings. The van der Waals surface area contributed by atoms with Gasteiger partial charge < -0.3 is 4.74 Å². The number of halogens is 1. The highest BCUT2D eigenvalue weighted by atomic mass is 19.1. The van der Waals surface area contributed by atoms with E-state index in [0.717, 1.165) is 38.7 Å². The highest BCUT2D eigenvalue weighted by Gasteiger charge is 2.41. The average Bonchev–Trinajstić information content (AvgIpc) is 2.55. The van der Waals surface area contributed by atoms with Crippen LogP contribution in [0.3, 0.4) is 0 Å². The van der Waals surface area contributed by atoms with Gasteiger partial charge in [-0.2, -0.15) is 0 Å². The lowest BCUT2D eigenvalue weighted by molar-refractivity contribution is -0.0844. The lowest BCUT2D eigenvalue weighted by atomic mass is 9.66. The first kappa shape index (κ1) is 17.2. The summed E-state index contributed by atoms with van der Waals surface area (Å²) in [4.78, 5) is 0. The molecule has 2 heteroatoms. The minimum atomic E-state index is -0.162. The van der Waals surface area contributed by atoms with E-state index >= 15 is 0 Å². The van der Waals surface area contributed by atoms with Crippen molar-refractivity contribution in [3.63, 3.8) is 0 Å². The minimum Gasteiger partial charge on any atom is -0.376 e. The second kappa shape index (κ2) is 7.06. The van der Waals surface area contributed by atoms with Gasteiger partial charge in [0.1, 0.15) is 5.82 Å². The molecule has 1 aliphatic rings. The van der Waals surface area contributed by atoms with Crippen molar-refractivity contribution < 1.29 is 9.13 Å². The molecule has 0 saturated carbocycles. The summed E-state index contributed by atoms with van der Waals surface area (Å²) in [6.45, 7) is 5.11. The van der Waals surface area contributed by atoms with E-state index in [0.29, 0.717) is 0 Å². The molecule has 0 spiro atoms. The Kier molecular flexibility index (Phi) is 5.05. The first-order chi connectivity index (χ1) is 11.5. The number of benzene rings is 2. The molecule has 3 rings (SSSR count). The maximum atomic E-state index is 13.4. The Hall–Kier alpha value is -1.67. The van der Waals surface area contributed by atoms with Crippen LogP contribution in [0.15, 0.2) is 54.6 Å². The molecule has 1 fully saturated rings. The van der Waals surface area contributed by atoms with Crippen molar-refractivity contribution >= 4 is 0 Å². The molecule has 1 nitrogen and oxygen atoms in total. The first-order valence-corrected chi connectivity index (χ1v) is 8.93. The fraction of sp³-hybridized carbons (Fsp3) is 0.455. The fourth-order valence-corrected chi connectivity index (χ4v) is 4.16. The van der Waals surface area contributed by atoms with E-state index in [-0.39, 0.29) is 16.8 Å². The minimum absolute atomic E-state index is 0.0875. The van der Waals surface area contributed by atoms with E-state index in [9.17, 15) is 4.39 Å². The summed E-state index contributed by atoms with van der Waals surface area (Å²) in [6.07, 6.45) is 5.33. The molecule has 0 N–H and O–H groups in total. The van der Waals surface area contributed by atoms with Gasteiger partial charge in [0.15, 0.2) is 0 Å². The zero-order valence-corrected chi connectivity index (χ0v) is 14.7. The van der Waals surface area contributed by atoms with Crippen LogP contribution in [0.1, 0.15) is 50.7 Å². The second-order valence-electron chi connectivity index (χ2n) is 7.66. The first-order valence-electron chi connectivity index (χ1n) is 8.93. The van der Waals surface area contributed by atoms with Crippen LogP contribution in [0.25, 0.3) is 0 Å². The number of hydrogen-bond donors (Lipinski definition) is 0. The Bertz CT molecular complexity index is 647. The van der Waals surface area contributed by atoms with Crippen LogP contribution < -0.4 is 0 Å². The van der Waals surface area contributed by atoms with E-state index in [2.05, 4.69) is 44.2 Å². The monoisotopic (exact) mass is 326 g/mol. The third kappa shape index (κ3) is 4.05. The van der Waals surface area contributed by atoms with Gasteiger partial charge in [0, 0.05) is 12.0 Å². The van der Waals surface area contributed by atoms with Gasteiger partial charge in [-0.25, -0.2) is 4.39 Å². The maximum Gasteiger partial charge on any atom is 0.123 e. The van der Waals surface area contributed by atoms with Crippen molar-refractivity contribution in [1.82, 2.24) is 0 Å². The summed E-state index contributed by atoms with van der Waals surface area (Å²) in [5.41, 5.74) is 2.61. The Labute approximate surface area is 144 Å². The second-order valence-corrected chi connectivity index (χ2v) is 7.66. The van der Waals surface area contributed by atoms with Gasteiger partial charge in [-0.1, -0.05) is 42.5 Å². The van der Waals surface area contributed by atoms with Crippen LogP contribution in [0.4, 0.5) is 4.39 Å². The summed E-state index contributed by atoms with van der Waals surface area (Å²) < 4.78 is 19.3. The topological polar surface area (TPSA) is 9.23 Å². The summed E-state index contributed by atoms with van der Waals surface area (Å²) in [6, 6.07) is 17.8. The Balaban J connectivity index is 1.78. The van der Waals surface area contributed by atoms with Gasteiger partial charge in [-0.05, 0) is 69.2 Å². The number of aryl methyl sites for hydroxylation is 1. The largest absolute Gasteiger partial charge is 0.376 e. The number of hydrogen-bond acceptors (Lipinski definition) is 1. The molecule has 0 aromatic heterocycles. The van der Waals surface area contributed by atoms with E-state index in [1.807, 2.05) is 12.1 Å². The highest BCUT2D eigenvalue weighted by molar-refractivity contribution is 5.28. The third-order valence-corrected chi connectivity index (χ3v) is 5.26. The lowest BCUT2D eigenvalue weighted by Gasteiger charge is -2.45. The molecule has 24 heavy (non-hydrogen) atoms. The Morgan fingerprint density at radius 1 is 1.00 bits per heavy atom.